The molecular formula is C32H30BrClF4N6O8S. The van der Waals surface area contributed by atoms with Gasteiger partial charge in [-0.25, -0.2) is 41.9 Å². The van der Waals surface area contributed by atoms with Crippen LogP contribution in [0.3, 0.4) is 0 Å². The molecule has 0 radical (unpaired) electrons. The second-order valence-electron chi connectivity index (χ2n) is 11.5. The predicted octanol–water partition coefficient (Wildman–Crippen LogP) is 6.39. The van der Waals surface area contributed by atoms with Gasteiger partial charge in [0.1, 0.15) is 22.5 Å². The van der Waals surface area contributed by atoms with E-state index < -0.39 is 62.4 Å². The smallest absolute Gasteiger partial charge is 0.434 e. The Balaban J connectivity index is 0.000000238. The van der Waals surface area contributed by atoms with Crippen LogP contribution in [0.15, 0.2) is 51.8 Å². The predicted molar refractivity (Wildman–Crippen MR) is 184 cm³/mol. The molecule has 0 unspecified atom stereocenters. The highest BCUT2D eigenvalue weighted by molar-refractivity contribution is 9.10. The van der Waals surface area contributed by atoms with Crippen LogP contribution in [-0.2, 0) is 37.5 Å². The number of nitrogens with one attached hydrogen (secondary N) is 2. The van der Waals surface area contributed by atoms with Crippen LogP contribution in [0.1, 0.15) is 51.6 Å². The third-order valence-corrected chi connectivity index (χ3v) is 9.30. The molecule has 4 aromatic rings. The summed E-state index contributed by atoms with van der Waals surface area (Å²) < 4.78 is 95.8. The van der Waals surface area contributed by atoms with Gasteiger partial charge in [0.05, 0.1) is 39.9 Å². The summed E-state index contributed by atoms with van der Waals surface area (Å²) in [6.07, 6.45) is -5.56. The Morgan fingerprint density at radius 3 is 2.21 bits per heavy atom. The first-order valence-corrected chi connectivity index (χ1v) is 17.9. The number of rotatable bonds is 8. The van der Waals surface area contributed by atoms with Gasteiger partial charge in [-0.15, -0.1) is 0 Å². The van der Waals surface area contributed by atoms with Crippen LogP contribution in [0.2, 0.25) is 5.02 Å². The standard InChI is InChI=1S/C17H18N4O6S.C15H12BrClF4N2O2/c1-10-7-11(2)19-16(18-10)20-17(23)21-28(24,25)14-6-4-3-5-13(14)15(22)27-12-8-26-9-12;1-6(2)25-14(24)7-4-8(10(18)5-9(7)17)12-11(16)13(15(19,20)21)23(3)22-12/h3-7,12H,8-9H2,1-2H3,(H2,18,19,20,21,23);4-6H,1-3H3. The molecule has 53 heavy (non-hydrogen) atoms. The van der Waals surface area contributed by atoms with Gasteiger partial charge >= 0.3 is 24.1 Å². The maximum Gasteiger partial charge on any atom is 0.434 e. The van der Waals surface area contributed by atoms with Crippen LogP contribution in [0.4, 0.5) is 28.3 Å². The molecule has 284 valence electrons. The zero-order valence-electron chi connectivity index (χ0n) is 28.3. The van der Waals surface area contributed by atoms with E-state index in [0.29, 0.717) is 16.1 Å². The minimum Gasteiger partial charge on any atom is -0.459 e. The van der Waals surface area contributed by atoms with Gasteiger partial charge in [-0.2, -0.15) is 18.3 Å². The Bertz CT molecular complexity index is 2140. The van der Waals surface area contributed by atoms with Crippen molar-refractivity contribution in [3.05, 3.63) is 86.0 Å². The summed E-state index contributed by atoms with van der Waals surface area (Å²) in [5.74, 6) is -2.59. The van der Waals surface area contributed by atoms with Crippen LogP contribution in [0.5, 0.6) is 0 Å². The highest BCUT2D eigenvalue weighted by atomic mass is 79.9. The first-order valence-electron chi connectivity index (χ1n) is 15.2. The van der Waals surface area contributed by atoms with Gasteiger partial charge in [0.15, 0.2) is 5.69 Å². The molecule has 5 rings (SSSR count). The third kappa shape index (κ3) is 10.3. The molecular weight excluding hydrogens is 820 g/mol. The number of amides is 2. The van der Waals surface area contributed by atoms with Gasteiger partial charge < -0.3 is 14.2 Å². The highest BCUT2D eigenvalue weighted by Gasteiger charge is 2.39. The van der Waals surface area contributed by atoms with Crippen LogP contribution < -0.4 is 10.0 Å². The highest BCUT2D eigenvalue weighted by Crippen LogP contribution is 2.41. The molecule has 0 bridgehead atoms. The molecule has 1 fully saturated rings. The van der Waals surface area contributed by atoms with Crippen molar-refractivity contribution in [3.63, 3.8) is 0 Å². The Morgan fingerprint density at radius 2 is 1.66 bits per heavy atom. The number of ether oxygens (including phenoxy) is 3. The molecule has 0 aliphatic carbocycles. The Hall–Kier alpha value is -4.66. The number of urea groups is 1. The molecule has 2 amide bonds. The number of esters is 2. The van der Waals surface area contributed by atoms with E-state index in [1.165, 1.54) is 24.3 Å². The first kappa shape index (κ1) is 41.1. The lowest BCUT2D eigenvalue weighted by atomic mass is 10.1. The van der Waals surface area contributed by atoms with Crippen LogP contribution in [-0.4, -0.2) is 71.6 Å². The Kier molecular flexibility index (Phi) is 12.8. The summed E-state index contributed by atoms with van der Waals surface area (Å²) in [6.45, 7) is 7.17. The van der Waals surface area contributed by atoms with Crippen molar-refractivity contribution in [3.8, 4) is 11.3 Å². The molecule has 2 aromatic carbocycles. The summed E-state index contributed by atoms with van der Waals surface area (Å²) in [6, 6.07) is 7.95. The second kappa shape index (κ2) is 16.6. The maximum atomic E-state index is 14.3. The molecule has 0 spiro atoms. The second-order valence-corrected chi connectivity index (χ2v) is 14.3. The fraction of sp³-hybridized carbons (Fsp3) is 0.312. The number of aryl methyl sites for hydroxylation is 3. The topological polar surface area (TPSA) is 181 Å². The molecule has 2 aromatic heterocycles. The van der Waals surface area contributed by atoms with Crippen molar-refractivity contribution < 1.29 is 54.6 Å². The number of hydrogen-bond acceptors (Lipinski definition) is 11. The van der Waals surface area contributed by atoms with Crippen molar-refractivity contribution >= 4 is 61.5 Å². The minimum atomic E-state index is -4.69. The summed E-state index contributed by atoms with van der Waals surface area (Å²) in [5, 5.41) is 5.76. The van der Waals surface area contributed by atoms with Gasteiger partial charge in [0, 0.05) is 24.0 Å². The quantitative estimate of drug-likeness (QED) is 0.148. The molecule has 1 aliphatic heterocycles. The SMILES string of the molecule is CC(C)OC(=O)c1cc(-c2nn(C)c(C(F)(F)F)c2Br)c(F)cc1Cl.Cc1cc(C)nc(NC(=O)NS(=O)(=O)c2ccccc2C(=O)OC2COC2)n1. The van der Waals surface area contributed by atoms with E-state index in [2.05, 4.69) is 36.3 Å². The number of hydrogen-bond donors (Lipinski definition) is 2. The largest absolute Gasteiger partial charge is 0.459 e. The lowest BCUT2D eigenvalue weighted by molar-refractivity contribution is -0.144. The monoisotopic (exact) mass is 848 g/mol. The van der Waals surface area contributed by atoms with Gasteiger partial charge in [-0.05, 0) is 74.0 Å². The number of benzene rings is 2. The van der Waals surface area contributed by atoms with E-state index >= 15 is 0 Å². The summed E-state index contributed by atoms with van der Waals surface area (Å²) in [4.78, 5) is 44.1. The van der Waals surface area contributed by atoms with E-state index in [4.69, 9.17) is 25.8 Å². The summed E-state index contributed by atoms with van der Waals surface area (Å²) in [7, 11) is -3.27. The van der Waals surface area contributed by atoms with Crippen molar-refractivity contribution in [2.45, 2.75) is 51.0 Å². The maximum absolute atomic E-state index is 14.3. The Labute approximate surface area is 313 Å². The van der Waals surface area contributed by atoms with Gasteiger partial charge in [-0.3, -0.25) is 10.00 Å². The van der Waals surface area contributed by atoms with E-state index in [0.717, 1.165) is 19.2 Å². The number of alkyl halides is 3. The number of carbonyl (C=O) groups is 3. The van der Waals surface area contributed by atoms with Crippen LogP contribution in [0.25, 0.3) is 11.3 Å². The number of anilines is 1. The lowest BCUT2D eigenvalue weighted by Gasteiger charge is -2.25. The minimum absolute atomic E-state index is 0.0390. The molecule has 1 saturated heterocycles. The molecule has 0 atom stereocenters. The van der Waals surface area contributed by atoms with Crippen LogP contribution >= 0.6 is 27.5 Å². The zero-order valence-corrected chi connectivity index (χ0v) is 31.5. The zero-order chi connectivity index (χ0) is 39.4. The average Bonchev–Trinajstić information content (AvgIpc) is 3.31. The summed E-state index contributed by atoms with van der Waals surface area (Å²) >= 11 is 8.67. The average molecular weight is 850 g/mol. The van der Waals surface area contributed by atoms with E-state index in [1.807, 2.05) is 4.72 Å². The van der Waals surface area contributed by atoms with Crippen molar-refractivity contribution in [1.29, 1.82) is 0 Å². The number of carbonyl (C=O) groups excluding carboxylic acids is 3. The third-order valence-electron chi connectivity index (χ3n) is 6.84. The lowest BCUT2D eigenvalue weighted by Crippen LogP contribution is -2.39. The fourth-order valence-electron chi connectivity index (χ4n) is 4.60. The molecule has 1 aliphatic rings. The van der Waals surface area contributed by atoms with E-state index in [-0.39, 0.29) is 51.5 Å². The van der Waals surface area contributed by atoms with Crippen molar-refractivity contribution in [2.75, 3.05) is 18.5 Å². The van der Waals surface area contributed by atoms with E-state index in [1.54, 1.807) is 33.8 Å². The number of nitrogens with zero attached hydrogens (tertiary/aromatic N) is 4. The van der Waals surface area contributed by atoms with Crippen molar-refractivity contribution in [2.24, 2.45) is 7.05 Å². The molecule has 21 heteroatoms. The van der Waals surface area contributed by atoms with Gasteiger partial charge in [-0.1, -0.05) is 23.7 Å². The first-order chi connectivity index (χ1) is 24.7. The fourth-order valence-corrected chi connectivity index (χ4v) is 6.70. The van der Waals surface area contributed by atoms with E-state index in [9.17, 15) is 40.4 Å². The van der Waals surface area contributed by atoms with Gasteiger partial charge in [0.25, 0.3) is 10.0 Å². The number of halogens is 6. The summed E-state index contributed by atoms with van der Waals surface area (Å²) in [5.41, 5.74) is -0.823. The molecule has 2 N–H and O–H groups in total. The van der Waals surface area contributed by atoms with Gasteiger partial charge in [0.2, 0.25) is 5.95 Å². The molecule has 14 nitrogen and oxygen atoms in total. The Morgan fingerprint density at radius 1 is 1.04 bits per heavy atom. The van der Waals surface area contributed by atoms with Crippen LogP contribution in [0, 0.1) is 19.7 Å². The number of aromatic nitrogens is 4. The number of sulfonamides is 1. The normalized spacial score (nSPS) is 13.1. The van der Waals surface area contributed by atoms with Crippen molar-refractivity contribution in [1.82, 2.24) is 24.5 Å². The molecule has 0 saturated carbocycles. The molecule has 3 heterocycles.